The Hall–Kier alpha value is -2.32. The molecule has 2 heterocycles. The Morgan fingerprint density at radius 2 is 2.33 bits per heavy atom. The minimum Gasteiger partial charge on any atom is -0.390 e. The van der Waals surface area contributed by atoms with E-state index in [-0.39, 0.29) is 19.0 Å². The predicted molar refractivity (Wildman–Crippen MR) is 58.7 cm³/mol. The Morgan fingerprint density at radius 1 is 1.56 bits per heavy atom. The summed E-state index contributed by atoms with van der Waals surface area (Å²) in [6, 6.07) is 0. The van der Waals surface area contributed by atoms with E-state index in [4.69, 9.17) is 0 Å². The van der Waals surface area contributed by atoms with Crippen LogP contribution in [0.1, 0.15) is 11.4 Å². The van der Waals surface area contributed by atoms with Crippen LogP contribution in [0.15, 0.2) is 12.4 Å². The summed E-state index contributed by atoms with van der Waals surface area (Å²) in [5.41, 5.74) is 1.18. The number of nitrogens with zero attached hydrogens (tertiary/aromatic N) is 6. The molecule has 2 aromatic rings. The van der Waals surface area contributed by atoms with Crippen LogP contribution in [-0.4, -0.2) is 36.1 Å². The van der Waals surface area contributed by atoms with Crippen LogP contribution in [0.25, 0.3) is 0 Å². The van der Waals surface area contributed by atoms with Gasteiger partial charge in [0.2, 0.25) is 0 Å². The Morgan fingerprint density at radius 3 is 3.00 bits per heavy atom. The molecule has 18 heavy (non-hydrogen) atoms. The van der Waals surface area contributed by atoms with Crippen LogP contribution in [0.5, 0.6) is 0 Å². The summed E-state index contributed by atoms with van der Waals surface area (Å²) in [6.07, 6.45) is 2.98. The molecule has 0 aliphatic rings. The lowest BCUT2D eigenvalue weighted by Crippen LogP contribution is -2.06. The van der Waals surface area contributed by atoms with Crippen LogP contribution in [0.3, 0.4) is 0 Å². The van der Waals surface area contributed by atoms with Crippen molar-refractivity contribution in [3.8, 4) is 0 Å². The zero-order chi connectivity index (χ0) is 13.1. The van der Waals surface area contributed by atoms with Gasteiger partial charge in [0.05, 0.1) is 12.7 Å². The monoisotopic (exact) mass is 253 g/mol. The van der Waals surface area contributed by atoms with E-state index in [0.717, 1.165) is 0 Å². The van der Waals surface area contributed by atoms with Crippen LogP contribution >= 0.6 is 0 Å². The molecule has 0 saturated heterocycles. The quantitative estimate of drug-likeness (QED) is 0.578. The first-order valence-corrected chi connectivity index (χ1v) is 5.23. The van der Waals surface area contributed by atoms with Crippen molar-refractivity contribution < 1.29 is 9.31 Å². The molecule has 2 rings (SSSR count). The second-order valence-electron chi connectivity index (χ2n) is 3.70. The van der Waals surface area contributed by atoms with Gasteiger partial charge in [-0.2, -0.15) is 0 Å². The highest BCUT2D eigenvalue weighted by molar-refractivity contribution is 5.16. The van der Waals surface area contributed by atoms with Crippen LogP contribution in [0.2, 0.25) is 0 Å². The molecule has 0 amide bonds. The van der Waals surface area contributed by atoms with Crippen LogP contribution in [0.4, 0.5) is 10.3 Å². The first-order chi connectivity index (χ1) is 8.61. The van der Waals surface area contributed by atoms with E-state index in [1.54, 1.807) is 13.1 Å². The van der Waals surface area contributed by atoms with Crippen molar-refractivity contribution in [1.29, 1.82) is 0 Å². The standard InChI is InChI=1S/C9H11FN6O2/c1-7-4-11-9(16(17)18)15(7)6-8-5-14(3-2-10)13-12-8/h4-5H,2-3,6H2,1H3/i10-1. The van der Waals surface area contributed by atoms with E-state index in [0.29, 0.717) is 11.4 Å². The minimum absolute atomic E-state index is 0.123. The molecule has 0 aliphatic heterocycles. The van der Waals surface area contributed by atoms with Crippen molar-refractivity contribution in [2.75, 3.05) is 6.67 Å². The van der Waals surface area contributed by atoms with Gasteiger partial charge in [0.25, 0.3) is 0 Å². The molecule has 0 saturated carbocycles. The van der Waals surface area contributed by atoms with E-state index in [9.17, 15) is 14.5 Å². The molecule has 0 fully saturated rings. The van der Waals surface area contributed by atoms with Gasteiger partial charge in [-0.3, -0.25) is 0 Å². The molecule has 96 valence electrons. The van der Waals surface area contributed by atoms with Crippen molar-refractivity contribution in [2.24, 2.45) is 0 Å². The number of hydrogen-bond acceptors (Lipinski definition) is 5. The molecule has 0 radical (unpaired) electrons. The number of alkyl halides is 1. The third-order valence-electron chi connectivity index (χ3n) is 2.42. The average molecular weight is 253 g/mol. The molecule has 0 spiro atoms. The van der Waals surface area contributed by atoms with E-state index in [1.165, 1.54) is 15.4 Å². The minimum atomic E-state index is -0.557. The number of halogens is 1. The number of aromatic nitrogens is 5. The lowest BCUT2D eigenvalue weighted by atomic mass is 10.4. The fraction of sp³-hybridized carbons (Fsp3) is 0.444. The smallest absolute Gasteiger partial charge is 0.390 e. The number of rotatable bonds is 5. The maximum absolute atomic E-state index is 12.1. The number of aryl methyl sites for hydroxylation is 2. The van der Waals surface area contributed by atoms with Gasteiger partial charge in [0, 0.05) is 0 Å². The predicted octanol–water partition coefficient (Wildman–Crippen LogP) is 0.709. The third kappa shape index (κ3) is 2.34. The maximum atomic E-state index is 12.1. The van der Waals surface area contributed by atoms with Gasteiger partial charge in [0.15, 0.2) is 0 Å². The summed E-state index contributed by atoms with van der Waals surface area (Å²) in [5.74, 6) is -0.243. The van der Waals surface area contributed by atoms with Gasteiger partial charge in [-0.1, -0.05) is 10.2 Å². The zero-order valence-corrected chi connectivity index (χ0v) is 9.65. The van der Waals surface area contributed by atoms with Crippen molar-refractivity contribution in [1.82, 2.24) is 24.5 Å². The molecular weight excluding hydrogens is 242 g/mol. The molecule has 2 aromatic heterocycles. The molecular formula is C9H11FN6O2. The van der Waals surface area contributed by atoms with Crippen LogP contribution in [-0.2, 0) is 13.1 Å². The van der Waals surface area contributed by atoms with Crippen LogP contribution in [0, 0.1) is 17.0 Å². The average Bonchev–Trinajstić information content (AvgIpc) is 2.89. The van der Waals surface area contributed by atoms with Crippen molar-refractivity contribution in [2.45, 2.75) is 20.0 Å². The van der Waals surface area contributed by atoms with Gasteiger partial charge < -0.3 is 10.1 Å². The zero-order valence-electron chi connectivity index (χ0n) is 9.65. The molecule has 0 atom stereocenters. The number of nitro groups is 1. The van der Waals surface area contributed by atoms with Crippen molar-refractivity contribution in [3.63, 3.8) is 0 Å². The lowest BCUT2D eigenvalue weighted by Gasteiger charge is -2.00. The second-order valence-corrected chi connectivity index (χ2v) is 3.70. The van der Waals surface area contributed by atoms with E-state index in [1.807, 2.05) is 0 Å². The Kier molecular flexibility index (Phi) is 3.31. The van der Waals surface area contributed by atoms with Gasteiger partial charge >= 0.3 is 5.95 Å². The summed E-state index contributed by atoms with van der Waals surface area (Å²) in [6.45, 7) is 1.49. The van der Waals surface area contributed by atoms with Gasteiger partial charge in [-0.05, 0) is 11.8 Å². The summed E-state index contributed by atoms with van der Waals surface area (Å²) in [4.78, 5) is 13.9. The first kappa shape index (κ1) is 12.1. The topological polar surface area (TPSA) is 91.7 Å². The first-order valence-electron chi connectivity index (χ1n) is 5.23. The molecule has 8 nitrogen and oxygen atoms in total. The molecule has 0 aromatic carbocycles. The summed E-state index contributed by atoms with van der Waals surface area (Å²) < 4.78 is 14.9. The van der Waals surface area contributed by atoms with Gasteiger partial charge in [0.1, 0.15) is 30.8 Å². The molecule has 9 heteroatoms. The van der Waals surface area contributed by atoms with E-state index >= 15 is 0 Å². The largest absolute Gasteiger partial charge is 0.435 e. The van der Waals surface area contributed by atoms with Crippen molar-refractivity contribution >= 4 is 5.95 Å². The lowest BCUT2D eigenvalue weighted by molar-refractivity contribution is -0.396. The summed E-state index contributed by atoms with van der Waals surface area (Å²) in [5, 5.41) is 18.3. The highest BCUT2D eigenvalue weighted by atomic mass is 18.2. The van der Waals surface area contributed by atoms with Crippen LogP contribution < -0.4 is 0 Å². The number of hydrogen-bond donors (Lipinski definition) is 0. The molecule has 0 unspecified atom stereocenters. The van der Waals surface area contributed by atoms with E-state index in [2.05, 4.69) is 15.3 Å². The van der Waals surface area contributed by atoms with Gasteiger partial charge in [-0.25, -0.2) is 13.6 Å². The molecule has 0 N–H and O–H groups in total. The summed E-state index contributed by atoms with van der Waals surface area (Å²) >= 11 is 0. The maximum Gasteiger partial charge on any atom is 0.435 e. The molecule has 0 bridgehead atoms. The van der Waals surface area contributed by atoms with E-state index < -0.39 is 11.6 Å². The molecule has 0 aliphatic carbocycles. The Bertz CT molecular complexity index is 563. The summed E-state index contributed by atoms with van der Waals surface area (Å²) in [7, 11) is 0. The van der Waals surface area contributed by atoms with Gasteiger partial charge in [-0.15, -0.1) is 5.10 Å². The normalized spacial score (nSPS) is 10.8. The SMILES string of the molecule is Cc1cnc([N+](=O)[O-])n1Cc1cn(CC[18F])nn1. The second kappa shape index (κ2) is 4.90. The van der Waals surface area contributed by atoms with Crippen molar-refractivity contribution in [3.05, 3.63) is 33.9 Å². The fourth-order valence-electron chi connectivity index (χ4n) is 1.56. The third-order valence-corrected chi connectivity index (χ3v) is 2.42. The highest BCUT2D eigenvalue weighted by Crippen LogP contribution is 2.14. The Balaban J connectivity index is 2.22. The number of imidazole rings is 1. The highest BCUT2D eigenvalue weighted by Gasteiger charge is 2.19. The Labute approximate surface area is 101 Å². The fourth-order valence-corrected chi connectivity index (χ4v) is 1.56.